The van der Waals surface area contributed by atoms with E-state index in [1.165, 1.54) is 18.2 Å². The maximum Gasteiger partial charge on any atom is 0.427 e. The third-order valence-corrected chi connectivity index (χ3v) is 7.00. The summed E-state index contributed by atoms with van der Waals surface area (Å²) in [7, 11) is -2.49. The lowest BCUT2D eigenvalue weighted by Crippen LogP contribution is -2.45. The number of benzene rings is 2. The lowest BCUT2D eigenvalue weighted by molar-refractivity contribution is -0.242. The monoisotopic (exact) mass is 592 g/mol. The Morgan fingerprint density at radius 3 is 2.10 bits per heavy atom. The molecule has 3 N–H and O–H groups in total. The maximum atomic E-state index is 13.2. The Kier molecular flexibility index (Phi) is 9.89. The molecule has 10 nitrogen and oxygen atoms in total. The molecule has 1 aliphatic heterocycles. The zero-order chi connectivity index (χ0) is 30.5. The number of nitrogens with zero attached hydrogens (tertiary/aromatic N) is 1. The number of hydrogen-bond acceptors (Lipinski definition) is 6. The number of rotatable bonds is 4. The van der Waals surface area contributed by atoms with Gasteiger partial charge in [0.05, 0.1) is 17.1 Å². The van der Waals surface area contributed by atoms with Crippen molar-refractivity contribution < 1.29 is 45.0 Å². The molecule has 0 unspecified atom stereocenters. The van der Waals surface area contributed by atoms with E-state index in [2.05, 4.69) is 20.7 Å². The molecule has 0 aliphatic carbocycles. The van der Waals surface area contributed by atoms with Gasteiger partial charge in [0, 0.05) is 18.3 Å². The van der Waals surface area contributed by atoms with Gasteiger partial charge < -0.3 is 20.1 Å². The fraction of sp³-hybridized carbons (Fsp3) is 0.440. The highest BCUT2D eigenvalue weighted by Gasteiger charge is 2.51. The molecule has 2 aromatic carbocycles. The average molecular weight is 593 g/mol. The van der Waals surface area contributed by atoms with E-state index >= 15 is 0 Å². The molecule has 3 rings (SSSR count). The van der Waals surface area contributed by atoms with E-state index in [1.807, 2.05) is 20.8 Å². The zero-order valence-electron chi connectivity index (χ0n) is 22.8. The minimum absolute atomic E-state index is 0.00784. The molecule has 40 heavy (non-hydrogen) atoms. The molecule has 0 bridgehead atoms. The lowest BCUT2D eigenvalue weighted by Gasteiger charge is -2.31. The van der Waals surface area contributed by atoms with Gasteiger partial charge in [0.25, 0.3) is 10.0 Å². The van der Waals surface area contributed by atoms with Gasteiger partial charge >= 0.3 is 18.3 Å². The number of ether oxygens (including phenoxy) is 2. The quantitative estimate of drug-likeness (QED) is 0.429. The molecule has 0 atom stereocenters. The number of amides is 3. The van der Waals surface area contributed by atoms with E-state index in [-0.39, 0.29) is 46.7 Å². The van der Waals surface area contributed by atoms with E-state index in [0.717, 1.165) is 28.6 Å². The predicted molar refractivity (Wildman–Crippen MR) is 140 cm³/mol. The van der Waals surface area contributed by atoms with E-state index in [9.17, 15) is 35.6 Å². The van der Waals surface area contributed by atoms with Crippen molar-refractivity contribution >= 4 is 33.5 Å². The Balaban J connectivity index is 0.000000536. The summed E-state index contributed by atoms with van der Waals surface area (Å²) < 4.78 is 88.8. The average Bonchev–Trinajstić information content (AvgIpc) is 2.82. The summed E-state index contributed by atoms with van der Waals surface area (Å²) in [6.45, 7) is 7.17. The van der Waals surface area contributed by atoms with Crippen LogP contribution in [0.15, 0.2) is 47.4 Å². The van der Waals surface area contributed by atoms with Crippen LogP contribution in [0.25, 0.3) is 0 Å². The molecule has 1 aliphatic rings. The molecule has 0 saturated carbocycles. The fourth-order valence-corrected chi connectivity index (χ4v) is 4.54. The minimum Gasteiger partial charge on any atom is -0.489 e. The van der Waals surface area contributed by atoms with Crippen LogP contribution in [0, 0.1) is 5.82 Å². The van der Waals surface area contributed by atoms with Crippen LogP contribution in [0.1, 0.15) is 34.6 Å². The molecule has 3 amide bonds. The number of urea groups is 1. The van der Waals surface area contributed by atoms with Crippen LogP contribution in [-0.4, -0.2) is 58.1 Å². The molecule has 0 aromatic heterocycles. The van der Waals surface area contributed by atoms with Crippen molar-refractivity contribution in [1.82, 2.24) is 10.6 Å². The van der Waals surface area contributed by atoms with Crippen LogP contribution < -0.4 is 25.0 Å². The first kappa shape index (κ1) is 32.5. The number of hydrogen-bond donors (Lipinski definition) is 3. The summed E-state index contributed by atoms with van der Waals surface area (Å²) in [5.41, 5.74) is -2.82. The first-order valence-corrected chi connectivity index (χ1v) is 13.3. The largest absolute Gasteiger partial charge is 0.489 e. The molecule has 0 fully saturated rings. The highest BCUT2D eigenvalue weighted by molar-refractivity contribution is 7.92. The standard InChI is InChI=1S/C19H18F4N2O5S.C6H14N2O/c1-18(2,19(21,22)23)30-17(26)24-13-5-8-16-15(11-13)25(9-10-29-16)31(27,28)14-6-3-12(20)4-7-14;1-6(2,3)8-5(9)7-4/h3-8,11H,9-10H2,1-2H3,(H,24,26);1-4H3,(H2,7,8,9). The van der Waals surface area contributed by atoms with Gasteiger partial charge in [0.15, 0.2) is 0 Å². The fourth-order valence-electron chi connectivity index (χ4n) is 3.09. The Hall–Kier alpha value is -3.75. The summed E-state index contributed by atoms with van der Waals surface area (Å²) in [6, 6.07) is 8.02. The number of carbonyl (C=O) groups excluding carboxylic acids is 2. The van der Waals surface area contributed by atoms with Crippen molar-refractivity contribution in [3.05, 3.63) is 48.3 Å². The van der Waals surface area contributed by atoms with E-state index in [4.69, 9.17) is 4.74 Å². The number of sulfonamides is 1. The van der Waals surface area contributed by atoms with Crippen molar-refractivity contribution in [2.75, 3.05) is 29.8 Å². The first-order valence-electron chi connectivity index (χ1n) is 11.9. The zero-order valence-corrected chi connectivity index (χ0v) is 23.6. The van der Waals surface area contributed by atoms with Crippen LogP contribution in [0.4, 0.5) is 38.5 Å². The summed E-state index contributed by atoms with van der Waals surface area (Å²) in [5.74, 6) is -0.417. The van der Waals surface area contributed by atoms with Crippen LogP contribution in [0.5, 0.6) is 5.75 Å². The Morgan fingerprint density at radius 1 is 1.00 bits per heavy atom. The van der Waals surface area contributed by atoms with E-state index in [1.54, 1.807) is 7.05 Å². The highest BCUT2D eigenvalue weighted by Crippen LogP contribution is 2.38. The normalized spacial score (nSPS) is 13.6. The Bertz CT molecular complexity index is 1310. The van der Waals surface area contributed by atoms with Gasteiger partial charge in [0.2, 0.25) is 5.60 Å². The van der Waals surface area contributed by atoms with Gasteiger partial charge in [-0.05, 0) is 77.1 Å². The van der Waals surface area contributed by atoms with Crippen molar-refractivity contribution in [3.63, 3.8) is 0 Å². The third kappa shape index (κ3) is 8.63. The Labute approximate surface area is 230 Å². The van der Waals surface area contributed by atoms with Crippen LogP contribution in [-0.2, 0) is 14.8 Å². The number of fused-ring (bicyclic) bond motifs is 1. The molecular weight excluding hydrogens is 560 g/mol. The van der Waals surface area contributed by atoms with Gasteiger partial charge in [0.1, 0.15) is 18.2 Å². The van der Waals surface area contributed by atoms with Crippen molar-refractivity contribution in [3.8, 4) is 5.75 Å². The molecule has 0 saturated heterocycles. The molecule has 222 valence electrons. The number of anilines is 2. The van der Waals surface area contributed by atoms with E-state index < -0.39 is 33.7 Å². The van der Waals surface area contributed by atoms with Crippen molar-refractivity contribution in [2.45, 2.75) is 56.8 Å². The van der Waals surface area contributed by atoms with Crippen molar-refractivity contribution in [2.24, 2.45) is 0 Å². The van der Waals surface area contributed by atoms with E-state index in [0.29, 0.717) is 13.8 Å². The Morgan fingerprint density at radius 2 is 1.60 bits per heavy atom. The number of carbonyl (C=O) groups is 2. The summed E-state index contributed by atoms with van der Waals surface area (Å²) in [4.78, 5) is 22.4. The second-order valence-electron chi connectivity index (χ2n) is 10.0. The van der Waals surface area contributed by atoms with Crippen LogP contribution >= 0.6 is 0 Å². The lowest BCUT2D eigenvalue weighted by atomic mass is 10.1. The maximum absolute atomic E-state index is 13.2. The van der Waals surface area contributed by atoms with Gasteiger partial charge in [-0.25, -0.2) is 22.4 Å². The van der Waals surface area contributed by atoms with Gasteiger partial charge in [-0.1, -0.05) is 0 Å². The highest BCUT2D eigenvalue weighted by atomic mass is 32.2. The number of nitrogens with one attached hydrogen (secondary N) is 3. The summed E-state index contributed by atoms with van der Waals surface area (Å²) in [6.07, 6.45) is -6.15. The van der Waals surface area contributed by atoms with Crippen LogP contribution in [0.3, 0.4) is 0 Å². The molecule has 2 aromatic rings. The SMILES string of the molecule is CC(C)(OC(=O)Nc1ccc2c(c1)N(S(=O)(=O)c1ccc(F)cc1)CCO2)C(F)(F)F.CNC(=O)NC(C)(C)C. The smallest absolute Gasteiger partial charge is 0.427 e. The predicted octanol–water partition coefficient (Wildman–Crippen LogP) is 5.02. The van der Waals surface area contributed by atoms with Crippen LogP contribution in [0.2, 0.25) is 0 Å². The first-order chi connectivity index (χ1) is 18.3. The van der Waals surface area contributed by atoms with Crippen molar-refractivity contribution in [1.29, 1.82) is 0 Å². The molecule has 0 radical (unpaired) electrons. The molecule has 1 heterocycles. The number of halogens is 4. The second-order valence-corrected chi connectivity index (χ2v) is 11.9. The number of alkyl halides is 3. The van der Waals surface area contributed by atoms with Gasteiger partial charge in [-0.2, -0.15) is 13.2 Å². The molecule has 15 heteroatoms. The third-order valence-electron chi connectivity index (χ3n) is 5.17. The summed E-state index contributed by atoms with van der Waals surface area (Å²) >= 11 is 0. The topological polar surface area (TPSA) is 126 Å². The second kappa shape index (κ2) is 12.2. The van der Waals surface area contributed by atoms with Gasteiger partial charge in [-0.15, -0.1) is 0 Å². The molecular formula is C25H32F4N4O6S. The molecule has 0 spiro atoms. The van der Waals surface area contributed by atoms with Gasteiger partial charge in [-0.3, -0.25) is 9.62 Å². The minimum atomic E-state index is -4.78. The summed E-state index contributed by atoms with van der Waals surface area (Å²) in [5, 5.41) is 7.34.